The van der Waals surface area contributed by atoms with Gasteiger partial charge in [-0.25, -0.2) is 14.6 Å². The molecule has 8 nitrogen and oxygen atoms in total. The summed E-state index contributed by atoms with van der Waals surface area (Å²) < 4.78 is 14.3. The number of fused-ring (bicyclic) bond motifs is 1. The van der Waals surface area contributed by atoms with Gasteiger partial charge in [0.25, 0.3) is 5.56 Å². The van der Waals surface area contributed by atoms with E-state index in [0.29, 0.717) is 31.2 Å². The summed E-state index contributed by atoms with van der Waals surface area (Å²) >= 11 is 7.41. The van der Waals surface area contributed by atoms with Crippen LogP contribution in [0.5, 0.6) is 0 Å². The third-order valence-electron chi connectivity index (χ3n) is 7.01. The van der Waals surface area contributed by atoms with E-state index in [1.165, 1.54) is 18.4 Å². The number of hydrogen-bond acceptors (Lipinski definition) is 7. The molecule has 0 amide bonds. The van der Waals surface area contributed by atoms with Gasteiger partial charge in [-0.3, -0.25) is 9.36 Å². The molecule has 3 heterocycles. The molecule has 0 spiro atoms. The molecule has 4 aromatic rings. The Morgan fingerprint density at radius 3 is 2.37 bits per heavy atom. The van der Waals surface area contributed by atoms with Crippen molar-refractivity contribution in [2.75, 3.05) is 13.7 Å². The number of esters is 2. The van der Waals surface area contributed by atoms with Crippen LogP contribution in [-0.4, -0.2) is 34.8 Å². The number of nitrogens with zero attached hydrogens (tertiary/aromatic N) is 3. The summed E-state index contributed by atoms with van der Waals surface area (Å²) in [6, 6.07) is 15.5. The zero-order valence-electron chi connectivity index (χ0n) is 23.2. The topological polar surface area (TPSA) is 91.9 Å². The highest BCUT2D eigenvalue weighted by atomic mass is 35.5. The van der Waals surface area contributed by atoms with Crippen LogP contribution < -0.4 is 14.9 Å². The van der Waals surface area contributed by atoms with E-state index in [4.69, 9.17) is 21.1 Å². The number of ether oxygens (including phenoxy) is 2. The van der Waals surface area contributed by atoms with Gasteiger partial charge in [-0.1, -0.05) is 35.1 Å². The second kappa shape index (κ2) is 11.3. The highest BCUT2D eigenvalue weighted by molar-refractivity contribution is 7.07. The molecule has 0 unspecified atom stereocenters. The highest BCUT2D eigenvalue weighted by Crippen LogP contribution is 2.31. The van der Waals surface area contributed by atoms with Crippen LogP contribution in [0.25, 0.3) is 11.8 Å². The molecule has 210 valence electrons. The first-order valence-corrected chi connectivity index (χ1v) is 14.2. The standard InChI is InChI=1S/C31H28ClN3O5S/c1-6-40-30(38)26-18(3)33-31-35(27(26)20-7-11-23(32)12-8-20)28(36)25(41-31)16-22-15-17(2)34(19(22)4)24-13-9-21(10-14-24)29(37)39-5/h7-16,27H,6H2,1-5H3/b25-16+/t27-/m1/s1. The van der Waals surface area contributed by atoms with Crippen molar-refractivity contribution < 1.29 is 19.1 Å². The van der Waals surface area contributed by atoms with Crippen molar-refractivity contribution >= 4 is 41.0 Å². The van der Waals surface area contributed by atoms with Gasteiger partial charge in [-0.2, -0.15) is 0 Å². The molecule has 0 saturated heterocycles. The Bertz CT molecular complexity index is 1880. The minimum atomic E-state index is -0.703. The summed E-state index contributed by atoms with van der Waals surface area (Å²) in [5.41, 5.74) is 5.41. The molecule has 0 aliphatic carbocycles. The Labute approximate surface area is 245 Å². The third kappa shape index (κ3) is 5.18. The first-order valence-electron chi connectivity index (χ1n) is 13.0. The lowest BCUT2D eigenvalue weighted by atomic mass is 9.96. The SMILES string of the molecule is CCOC(=O)C1=C(C)N=c2s/c(=C/c3cc(C)n(-c4ccc(C(=O)OC)cc4)c3C)c(=O)n2[C@@H]1c1ccc(Cl)cc1. The number of carbonyl (C=O) groups is 2. The van der Waals surface area contributed by atoms with Crippen LogP contribution in [0.1, 0.15) is 52.8 Å². The molecule has 2 aromatic carbocycles. The number of allylic oxidation sites excluding steroid dienone is 1. The first-order chi connectivity index (χ1) is 19.6. The fourth-order valence-electron chi connectivity index (χ4n) is 5.09. The molecule has 0 fully saturated rings. The molecular weight excluding hydrogens is 562 g/mol. The minimum absolute atomic E-state index is 0.203. The average molecular weight is 590 g/mol. The molecular formula is C31H28ClN3O5S. The summed E-state index contributed by atoms with van der Waals surface area (Å²) in [6.07, 6.45) is 1.85. The van der Waals surface area contributed by atoms with Crippen LogP contribution in [0.4, 0.5) is 0 Å². The number of aromatic nitrogens is 2. The van der Waals surface area contributed by atoms with Crippen molar-refractivity contribution in [2.24, 2.45) is 4.99 Å². The molecule has 0 bridgehead atoms. The Hall–Kier alpha value is -4.21. The van der Waals surface area contributed by atoms with E-state index < -0.39 is 18.0 Å². The van der Waals surface area contributed by atoms with E-state index in [9.17, 15) is 14.4 Å². The molecule has 1 aliphatic rings. The van der Waals surface area contributed by atoms with Gasteiger partial charge in [0, 0.05) is 22.1 Å². The van der Waals surface area contributed by atoms with Crippen molar-refractivity contribution in [1.29, 1.82) is 0 Å². The number of methoxy groups -OCH3 is 1. The molecule has 10 heteroatoms. The number of aryl methyl sites for hydroxylation is 1. The average Bonchev–Trinajstić information content (AvgIpc) is 3.41. The van der Waals surface area contributed by atoms with Crippen LogP contribution in [0.15, 0.2) is 75.7 Å². The molecule has 1 aliphatic heterocycles. The smallest absolute Gasteiger partial charge is 0.338 e. The quantitative estimate of drug-likeness (QED) is 0.305. The van der Waals surface area contributed by atoms with Crippen LogP contribution in [0.2, 0.25) is 5.02 Å². The maximum atomic E-state index is 13.9. The number of benzene rings is 2. The summed E-state index contributed by atoms with van der Waals surface area (Å²) in [6.45, 7) is 7.66. The van der Waals surface area contributed by atoms with Gasteiger partial charge in [0.15, 0.2) is 4.80 Å². The van der Waals surface area contributed by atoms with Crippen LogP contribution >= 0.6 is 22.9 Å². The van der Waals surface area contributed by atoms with Crippen molar-refractivity contribution in [3.8, 4) is 5.69 Å². The van der Waals surface area contributed by atoms with E-state index in [-0.39, 0.29) is 12.2 Å². The second-order valence-electron chi connectivity index (χ2n) is 9.55. The largest absolute Gasteiger partial charge is 0.465 e. The van der Waals surface area contributed by atoms with Crippen molar-refractivity contribution in [3.63, 3.8) is 0 Å². The van der Waals surface area contributed by atoms with E-state index in [1.54, 1.807) is 54.8 Å². The second-order valence-corrected chi connectivity index (χ2v) is 11.0. The highest BCUT2D eigenvalue weighted by Gasteiger charge is 2.33. The monoisotopic (exact) mass is 589 g/mol. The number of thiazole rings is 1. The number of halogens is 1. The van der Waals surface area contributed by atoms with Gasteiger partial charge < -0.3 is 14.0 Å². The van der Waals surface area contributed by atoms with Gasteiger partial charge >= 0.3 is 11.9 Å². The Morgan fingerprint density at radius 1 is 1.05 bits per heavy atom. The molecule has 41 heavy (non-hydrogen) atoms. The zero-order valence-corrected chi connectivity index (χ0v) is 24.8. The van der Waals surface area contributed by atoms with E-state index in [2.05, 4.69) is 9.56 Å². The van der Waals surface area contributed by atoms with Gasteiger partial charge in [0.1, 0.15) is 0 Å². The van der Waals surface area contributed by atoms with Crippen LogP contribution in [0, 0.1) is 13.8 Å². The lowest BCUT2D eigenvalue weighted by molar-refractivity contribution is -0.139. The minimum Gasteiger partial charge on any atom is -0.465 e. The maximum Gasteiger partial charge on any atom is 0.338 e. The molecule has 0 saturated carbocycles. The third-order valence-corrected chi connectivity index (χ3v) is 8.24. The number of hydrogen-bond donors (Lipinski definition) is 0. The normalized spacial score (nSPS) is 15.0. The van der Waals surface area contributed by atoms with Crippen LogP contribution in [0.3, 0.4) is 0 Å². The summed E-state index contributed by atoms with van der Waals surface area (Å²) in [4.78, 5) is 44.0. The van der Waals surface area contributed by atoms with Gasteiger partial charge in [-0.05, 0) is 87.4 Å². The molecule has 5 rings (SSSR count). The maximum absolute atomic E-state index is 13.9. The Morgan fingerprint density at radius 2 is 1.73 bits per heavy atom. The molecule has 1 atom stereocenters. The predicted octanol–water partition coefficient (Wildman–Crippen LogP) is 4.65. The van der Waals surface area contributed by atoms with Gasteiger partial charge in [-0.15, -0.1) is 0 Å². The first kappa shape index (κ1) is 28.3. The molecule has 0 N–H and O–H groups in total. The number of rotatable bonds is 6. The molecule has 0 radical (unpaired) electrons. The zero-order chi connectivity index (χ0) is 29.4. The predicted molar refractivity (Wildman–Crippen MR) is 158 cm³/mol. The van der Waals surface area contributed by atoms with Crippen molar-refractivity contribution in [2.45, 2.75) is 33.7 Å². The number of carbonyl (C=O) groups excluding carboxylic acids is 2. The summed E-state index contributed by atoms with van der Waals surface area (Å²) in [5, 5.41) is 0.551. The van der Waals surface area contributed by atoms with Crippen molar-refractivity contribution in [1.82, 2.24) is 9.13 Å². The Kier molecular flexibility index (Phi) is 7.84. The lowest BCUT2D eigenvalue weighted by Crippen LogP contribution is -2.39. The fourth-order valence-corrected chi connectivity index (χ4v) is 6.25. The van der Waals surface area contributed by atoms with Crippen molar-refractivity contribution in [3.05, 3.63) is 119 Å². The fraction of sp³-hybridized carbons (Fsp3) is 0.226. The molecule has 2 aromatic heterocycles. The van der Waals surface area contributed by atoms with E-state index in [0.717, 1.165) is 28.2 Å². The van der Waals surface area contributed by atoms with Crippen LogP contribution in [-0.2, 0) is 14.3 Å². The summed E-state index contributed by atoms with van der Waals surface area (Å²) in [5.74, 6) is -0.906. The Balaban J connectivity index is 1.64. The van der Waals surface area contributed by atoms with Gasteiger partial charge in [0.05, 0.1) is 41.1 Å². The lowest BCUT2D eigenvalue weighted by Gasteiger charge is -2.24. The van der Waals surface area contributed by atoms with E-state index >= 15 is 0 Å². The summed E-state index contributed by atoms with van der Waals surface area (Å²) in [7, 11) is 1.35. The van der Waals surface area contributed by atoms with Gasteiger partial charge in [0.2, 0.25) is 0 Å². The van der Waals surface area contributed by atoms with E-state index in [1.807, 2.05) is 38.1 Å².